The van der Waals surface area contributed by atoms with Gasteiger partial charge in [-0.25, -0.2) is 4.79 Å². The average molecular weight is 304 g/mol. The van der Waals surface area contributed by atoms with Gasteiger partial charge in [-0.2, -0.15) is 0 Å². The van der Waals surface area contributed by atoms with Crippen LogP contribution in [0.25, 0.3) is 0 Å². The van der Waals surface area contributed by atoms with Gasteiger partial charge in [0.25, 0.3) is 0 Å². The largest absolute Gasteiger partial charge is 0.478 e. The van der Waals surface area contributed by atoms with Crippen LogP contribution >= 0.6 is 11.3 Å². The fourth-order valence-corrected chi connectivity index (χ4v) is 3.02. The molecule has 1 unspecified atom stereocenters. The van der Waals surface area contributed by atoms with Gasteiger partial charge in [0.15, 0.2) is 0 Å². The average Bonchev–Trinajstić information content (AvgIpc) is 2.93. The molecular formula is C16H20N2O2S. The lowest BCUT2D eigenvalue weighted by molar-refractivity contribution is 0.0697. The second-order valence-corrected chi connectivity index (χ2v) is 6.12. The first-order valence-corrected chi connectivity index (χ1v) is 7.68. The van der Waals surface area contributed by atoms with Gasteiger partial charge in [-0.1, -0.05) is 30.3 Å². The van der Waals surface area contributed by atoms with E-state index in [0.29, 0.717) is 18.2 Å². The second-order valence-electron chi connectivity index (χ2n) is 5.13. The number of nitrogens with one attached hydrogen (secondary N) is 1. The highest BCUT2D eigenvalue weighted by Gasteiger charge is 2.13. The molecule has 0 bridgehead atoms. The molecule has 1 atom stereocenters. The van der Waals surface area contributed by atoms with Crippen molar-refractivity contribution >= 4 is 17.3 Å². The molecule has 4 nitrogen and oxygen atoms in total. The van der Waals surface area contributed by atoms with Crippen molar-refractivity contribution in [3.05, 3.63) is 57.8 Å². The van der Waals surface area contributed by atoms with Crippen LogP contribution < -0.4 is 5.32 Å². The molecule has 0 radical (unpaired) electrons. The van der Waals surface area contributed by atoms with Crippen molar-refractivity contribution in [3.8, 4) is 0 Å². The van der Waals surface area contributed by atoms with Gasteiger partial charge in [-0.3, -0.25) is 0 Å². The van der Waals surface area contributed by atoms with Crippen LogP contribution in [-0.4, -0.2) is 36.6 Å². The molecule has 0 amide bonds. The maximum Gasteiger partial charge on any atom is 0.336 e. The van der Waals surface area contributed by atoms with Crippen molar-refractivity contribution in [1.29, 1.82) is 0 Å². The Hall–Kier alpha value is -1.69. The topological polar surface area (TPSA) is 52.6 Å². The van der Waals surface area contributed by atoms with Gasteiger partial charge in [0.1, 0.15) is 0 Å². The zero-order valence-corrected chi connectivity index (χ0v) is 13.1. The SMILES string of the molecule is CN(C)C(CNCc1cc(C(=O)O)cs1)c1ccccc1. The molecule has 0 saturated carbocycles. The van der Waals surface area contributed by atoms with E-state index in [2.05, 4.69) is 36.4 Å². The number of hydrogen-bond acceptors (Lipinski definition) is 4. The molecular weight excluding hydrogens is 284 g/mol. The van der Waals surface area contributed by atoms with E-state index < -0.39 is 5.97 Å². The number of benzene rings is 1. The highest BCUT2D eigenvalue weighted by Crippen LogP contribution is 2.18. The number of carboxylic acids is 1. The quantitative estimate of drug-likeness (QED) is 0.826. The molecule has 0 spiro atoms. The van der Waals surface area contributed by atoms with E-state index in [4.69, 9.17) is 5.11 Å². The standard InChI is InChI=1S/C16H20N2O2S/c1-18(2)15(12-6-4-3-5-7-12)10-17-9-14-8-13(11-21-14)16(19)20/h3-8,11,15,17H,9-10H2,1-2H3,(H,19,20). The number of nitrogens with zero attached hydrogens (tertiary/aromatic N) is 1. The van der Waals surface area contributed by atoms with E-state index in [1.807, 2.05) is 18.2 Å². The minimum absolute atomic E-state index is 0.296. The van der Waals surface area contributed by atoms with Crippen LogP contribution in [0.4, 0.5) is 0 Å². The Labute approximate surface area is 129 Å². The van der Waals surface area contributed by atoms with Crippen molar-refractivity contribution in [1.82, 2.24) is 10.2 Å². The molecule has 1 heterocycles. The zero-order valence-electron chi connectivity index (χ0n) is 12.2. The van der Waals surface area contributed by atoms with Crippen LogP contribution in [-0.2, 0) is 6.54 Å². The summed E-state index contributed by atoms with van der Waals surface area (Å²) < 4.78 is 0. The molecule has 0 saturated heterocycles. The lowest BCUT2D eigenvalue weighted by Gasteiger charge is -2.25. The van der Waals surface area contributed by atoms with Gasteiger partial charge in [-0.15, -0.1) is 11.3 Å². The third kappa shape index (κ3) is 4.39. The Morgan fingerprint density at radius 3 is 2.62 bits per heavy atom. The number of carboxylic acid groups (broad SMARTS) is 1. The molecule has 21 heavy (non-hydrogen) atoms. The van der Waals surface area contributed by atoms with Crippen molar-refractivity contribution < 1.29 is 9.90 Å². The van der Waals surface area contributed by atoms with Crippen molar-refractivity contribution in [2.24, 2.45) is 0 Å². The van der Waals surface area contributed by atoms with Gasteiger partial charge in [0.05, 0.1) is 5.56 Å². The molecule has 2 rings (SSSR count). The van der Waals surface area contributed by atoms with Gasteiger partial charge in [0, 0.05) is 29.4 Å². The van der Waals surface area contributed by atoms with Crippen LogP contribution in [0.15, 0.2) is 41.8 Å². The summed E-state index contributed by atoms with van der Waals surface area (Å²) in [6.45, 7) is 1.51. The Bertz CT molecular complexity index is 581. The van der Waals surface area contributed by atoms with Crippen molar-refractivity contribution in [2.45, 2.75) is 12.6 Å². The van der Waals surface area contributed by atoms with Gasteiger partial charge < -0.3 is 15.3 Å². The summed E-state index contributed by atoms with van der Waals surface area (Å²) in [4.78, 5) is 14.1. The maximum absolute atomic E-state index is 10.9. The van der Waals surface area contributed by atoms with Gasteiger partial charge in [0.2, 0.25) is 0 Å². The fraction of sp³-hybridized carbons (Fsp3) is 0.312. The molecule has 112 valence electrons. The summed E-state index contributed by atoms with van der Waals surface area (Å²) in [6.07, 6.45) is 0. The van der Waals surface area contributed by atoms with Gasteiger partial charge >= 0.3 is 5.97 Å². The van der Waals surface area contributed by atoms with Crippen molar-refractivity contribution in [3.63, 3.8) is 0 Å². The number of aromatic carboxylic acids is 1. The number of hydrogen-bond donors (Lipinski definition) is 2. The summed E-state index contributed by atoms with van der Waals surface area (Å²) in [5.74, 6) is -0.868. The molecule has 0 aliphatic heterocycles. The molecule has 5 heteroatoms. The molecule has 0 aliphatic rings. The first-order chi connectivity index (χ1) is 10.1. The normalized spacial score (nSPS) is 12.5. The van der Waals surface area contributed by atoms with Crippen LogP contribution in [0, 0.1) is 0 Å². The first kappa shape index (κ1) is 15.7. The Morgan fingerprint density at radius 1 is 1.33 bits per heavy atom. The van der Waals surface area contributed by atoms with E-state index >= 15 is 0 Å². The summed E-state index contributed by atoms with van der Waals surface area (Å²) in [5, 5.41) is 14.0. The van der Waals surface area contributed by atoms with Crippen LogP contribution in [0.1, 0.15) is 26.8 Å². The third-order valence-electron chi connectivity index (χ3n) is 3.35. The predicted molar refractivity (Wildman–Crippen MR) is 85.9 cm³/mol. The molecule has 1 aromatic heterocycles. The molecule has 1 aromatic carbocycles. The summed E-state index contributed by atoms with van der Waals surface area (Å²) in [6, 6.07) is 12.4. The van der Waals surface area contributed by atoms with Crippen LogP contribution in [0.5, 0.6) is 0 Å². The van der Waals surface area contributed by atoms with Crippen molar-refractivity contribution in [2.75, 3.05) is 20.6 Å². The van der Waals surface area contributed by atoms with E-state index in [9.17, 15) is 4.79 Å². The Morgan fingerprint density at radius 2 is 2.05 bits per heavy atom. The van der Waals surface area contributed by atoms with E-state index in [1.54, 1.807) is 11.4 Å². The lowest BCUT2D eigenvalue weighted by atomic mass is 10.1. The molecule has 2 N–H and O–H groups in total. The predicted octanol–water partition coefficient (Wildman–Crippen LogP) is 2.84. The van der Waals surface area contributed by atoms with E-state index in [0.717, 1.165) is 11.4 Å². The van der Waals surface area contributed by atoms with Gasteiger partial charge in [-0.05, 0) is 25.7 Å². The summed E-state index contributed by atoms with van der Waals surface area (Å²) >= 11 is 1.48. The summed E-state index contributed by atoms with van der Waals surface area (Å²) in [7, 11) is 4.13. The monoisotopic (exact) mass is 304 g/mol. The lowest BCUT2D eigenvalue weighted by Crippen LogP contribution is -2.30. The Balaban J connectivity index is 1.92. The Kier molecular flexibility index (Phi) is 5.50. The minimum Gasteiger partial charge on any atom is -0.478 e. The minimum atomic E-state index is -0.868. The number of thiophene rings is 1. The second kappa shape index (κ2) is 7.36. The zero-order chi connectivity index (χ0) is 15.2. The summed E-state index contributed by atoms with van der Waals surface area (Å²) in [5.41, 5.74) is 1.64. The van der Waals surface area contributed by atoms with Crippen LogP contribution in [0.2, 0.25) is 0 Å². The first-order valence-electron chi connectivity index (χ1n) is 6.80. The highest BCUT2D eigenvalue weighted by atomic mass is 32.1. The van der Waals surface area contributed by atoms with E-state index in [-0.39, 0.29) is 0 Å². The smallest absolute Gasteiger partial charge is 0.336 e. The fourth-order valence-electron chi connectivity index (χ4n) is 2.19. The van der Waals surface area contributed by atoms with Crippen LogP contribution in [0.3, 0.4) is 0 Å². The number of carbonyl (C=O) groups is 1. The highest BCUT2D eigenvalue weighted by molar-refractivity contribution is 7.10. The maximum atomic E-state index is 10.9. The third-order valence-corrected chi connectivity index (χ3v) is 4.28. The number of likely N-dealkylation sites (N-methyl/N-ethyl adjacent to an activating group) is 1. The van der Waals surface area contributed by atoms with E-state index in [1.165, 1.54) is 16.9 Å². The molecule has 0 fully saturated rings. The molecule has 2 aromatic rings. The molecule has 0 aliphatic carbocycles. The number of rotatable bonds is 7.